The molecule has 7 nitrogen and oxygen atoms in total. The Labute approximate surface area is 197 Å². The summed E-state index contributed by atoms with van der Waals surface area (Å²) >= 11 is 1.07. The molecule has 0 unspecified atom stereocenters. The Bertz CT molecular complexity index is 1150. The summed E-state index contributed by atoms with van der Waals surface area (Å²) in [5, 5.41) is 3.05. The van der Waals surface area contributed by atoms with Gasteiger partial charge in [-0.25, -0.2) is 4.98 Å². The van der Waals surface area contributed by atoms with Gasteiger partial charge in [-0.1, -0.05) is 29.5 Å². The largest absolute Gasteiger partial charge is 0.573 e. The third-order valence-corrected chi connectivity index (χ3v) is 6.30. The number of nitrogens with one attached hydrogen (secondary N) is 1. The third-order valence-electron chi connectivity index (χ3n) is 5.37. The van der Waals surface area contributed by atoms with Crippen LogP contribution in [-0.4, -0.2) is 47.8 Å². The molecule has 1 saturated heterocycles. The zero-order valence-electron chi connectivity index (χ0n) is 18.0. The van der Waals surface area contributed by atoms with Crippen molar-refractivity contribution in [2.75, 3.05) is 25.0 Å². The summed E-state index contributed by atoms with van der Waals surface area (Å²) in [7, 11) is 0. The number of fused-ring (bicyclic) bond motifs is 1. The van der Waals surface area contributed by atoms with Crippen molar-refractivity contribution in [2.45, 2.75) is 25.6 Å². The van der Waals surface area contributed by atoms with E-state index < -0.39 is 6.36 Å². The molecule has 11 heteroatoms. The summed E-state index contributed by atoms with van der Waals surface area (Å²) < 4.78 is 47.2. The van der Waals surface area contributed by atoms with Gasteiger partial charge in [0.05, 0.1) is 23.2 Å². The van der Waals surface area contributed by atoms with E-state index in [1.165, 1.54) is 18.2 Å². The molecule has 4 rings (SSSR count). The molecule has 0 bridgehead atoms. The van der Waals surface area contributed by atoms with Crippen LogP contribution < -0.4 is 14.8 Å². The molecule has 1 aliphatic heterocycles. The molecular formula is C23H22F3N3O4S. The summed E-state index contributed by atoms with van der Waals surface area (Å²) in [6, 6.07) is 13.1. The summed E-state index contributed by atoms with van der Waals surface area (Å²) in [5.41, 5.74) is 0.466. The SMILES string of the molecule is O=C(Nc1nc2ccc(OC(F)(F)F)cc2s1)C1CCN(C(=O)CCOc2ccccc2)CC1. The van der Waals surface area contributed by atoms with E-state index in [1.54, 1.807) is 4.90 Å². The summed E-state index contributed by atoms with van der Waals surface area (Å²) in [6.07, 6.45) is -3.48. The number of alkyl halides is 3. The first-order valence-corrected chi connectivity index (χ1v) is 11.5. The highest BCUT2D eigenvalue weighted by atomic mass is 32.1. The molecule has 0 aliphatic carbocycles. The first-order valence-electron chi connectivity index (χ1n) is 10.7. The fraction of sp³-hybridized carbons (Fsp3) is 0.348. The molecule has 3 aromatic rings. The predicted molar refractivity (Wildman–Crippen MR) is 121 cm³/mol. The third kappa shape index (κ3) is 6.37. The highest BCUT2D eigenvalue weighted by Crippen LogP contribution is 2.32. The van der Waals surface area contributed by atoms with E-state index in [-0.39, 0.29) is 36.5 Å². The van der Waals surface area contributed by atoms with Crippen LogP contribution in [0.5, 0.6) is 11.5 Å². The molecule has 2 amide bonds. The first-order chi connectivity index (χ1) is 16.3. The zero-order valence-corrected chi connectivity index (χ0v) is 18.8. The zero-order chi connectivity index (χ0) is 24.1. The second-order valence-corrected chi connectivity index (χ2v) is 8.78. The van der Waals surface area contributed by atoms with Crippen LogP contribution in [0.3, 0.4) is 0 Å². The second kappa shape index (κ2) is 10.3. The topological polar surface area (TPSA) is 80.8 Å². The Morgan fingerprint density at radius 3 is 2.53 bits per heavy atom. The number of ether oxygens (including phenoxy) is 2. The lowest BCUT2D eigenvalue weighted by molar-refractivity contribution is -0.274. The van der Waals surface area contributed by atoms with Gasteiger partial charge in [0.25, 0.3) is 0 Å². The quantitative estimate of drug-likeness (QED) is 0.510. The Balaban J connectivity index is 1.24. The minimum atomic E-state index is -4.78. The number of para-hydroxylation sites is 1. The van der Waals surface area contributed by atoms with Crippen molar-refractivity contribution in [2.24, 2.45) is 5.92 Å². The van der Waals surface area contributed by atoms with Crippen LogP contribution in [0, 0.1) is 5.92 Å². The van der Waals surface area contributed by atoms with Gasteiger partial charge in [-0.05, 0) is 37.1 Å². The lowest BCUT2D eigenvalue weighted by atomic mass is 9.96. The second-order valence-electron chi connectivity index (χ2n) is 7.75. The fourth-order valence-electron chi connectivity index (χ4n) is 3.69. The van der Waals surface area contributed by atoms with Crippen molar-refractivity contribution in [3.05, 3.63) is 48.5 Å². The number of aromatic nitrogens is 1. The molecule has 0 radical (unpaired) electrons. The fourth-order valence-corrected chi connectivity index (χ4v) is 4.58. The van der Waals surface area contributed by atoms with Gasteiger partial charge in [-0.2, -0.15) is 0 Å². The lowest BCUT2D eigenvalue weighted by Crippen LogP contribution is -2.41. The van der Waals surface area contributed by atoms with Gasteiger partial charge in [0.2, 0.25) is 11.8 Å². The van der Waals surface area contributed by atoms with Gasteiger partial charge in [0, 0.05) is 25.1 Å². The maximum absolute atomic E-state index is 12.7. The number of carbonyl (C=O) groups excluding carboxylic acids is 2. The Hall–Kier alpha value is -3.34. The van der Waals surface area contributed by atoms with Crippen LogP contribution in [-0.2, 0) is 9.59 Å². The molecule has 0 spiro atoms. The van der Waals surface area contributed by atoms with Crippen molar-refractivity contribution in [3.8, 4) is 11.5 Å². The van der Waals surface area contributed by atoms with E-state index in [1.807, 2.05) is 30.3 Å². The Kier molecular flexibility index (Phi) is 7.20. The van der Waals surface area contributed by atoms with E-state index in [9.17, 15) is 22.8 Å². The maximum atomic E-state index is 12.7. The van der Waals surface area contributed by atoms with E-state index in [0.717, 1.165) is 11.3 Å². The molecule has 1 aliphatic rings. The number of thiazole rings is 1. The van der Waals surface area contributed by atoms with Crippen LogP contribution in [0.1, 0.15) is 19.3 Å². The molecule has 2 heterocycles. The monoisotopic (exact) mass is 493 g/mol. The molecule has 180 valence electrons. The molecule has 1 fully saturated rings. The van der Waals surface area contributed by atoms with Crippen LogP contribution >= 0.6 is 11.3 Å². The number of hydrogen-bond acceptors (Lipinski definition) is 6. The van der Waals surface area contributed by atoms with Crippen molar-refractivity contribution in [3.63, 3.8) is 0 Å². The highest BCUT2D eigenvalue weighted by Gasteiger charge is 2.31. The molecule has 0 atom stereocenters. The molecule has 1 N–H and O–H groups in total. The van der Waals surface area contributed by atoms with Crippen molar-refractivity contribution in [1.82, 2.24) is 9.88 Å². The molecule has 0 saturated carbocycles. The minimum absolute atomic E-state index is 0.0159. The number of anilines is 1. The number of likely N-dealkylation sites (tertiary alicyclic amines) is 1. The van der Waals surface area contributed by atoms with Gasteiger partial charge < -0.3 is 19.7 Å². The summed E-state index contributed by atoms with van der Waals surface area (Å²) in [4.78, 5) is 31.1. The van der Waals surface area contributed by atoms with Gasteiger partial charge in [0.1, 0.15) is 11.5 Å². The number of piperidine rings is 1. The highest BCUT2D eigenvalue weighted by molar-refractivity contribution is 7.22. The molecule has 2 aromatic carbocycles. The van der Waals surface area contributed by atoms with Crippen molar-refractivity contribution < 1.29 is 32.2 Å². The van der Waals surface area contributed by atoms with Crippen LogP contribution in [0.4, 0.5) is 18.3 Å². The van der Waals surface area contributed by atoms with Crippen molar-refractivity contribution >= 4 is 38.5 Å². The normalized spacial score (nSPS) is 14.7. The molecular weight excluding hydrogens is 471 g/mol. The van der Waals surface area contributed by atoms with Gasteiger partial charge in [0.15, 0.2) is 5.13 Å². The first kappa shape index (κ1) is 23.8. The van der Waals surface area contributed by atoms with Crippen LogP contribution in [0.25, 0.3) is 10.2 Å². The molecule has 1 aromatic heterocycles. The number of carbonyl (C=O) groups is 2. The average molecular weight is 494 g/mol. The van der Waals surface area contributed by atoms with Crippen LogP contribution in [0.2, 0.25) is 0 Å². The number of halogens is 3. The molecule has 34 heavy (non-hydrogen) atoms. The Morgan fingerprint density at radius 2 is 1.82 bits per heavy atom. The number of benzene rings is 2. The van der Waals surface area contributed by atoms with E-state index >= 15 is 0 Å². The number of rotatable bonds is 7. The smallest absolute Gasteiger partial charge is 0.493 e. The van der Waals surface area contributed by atoms with Crippen LogP contribution in [0.15, 0.2) is 48.5 Å². The summed E-state index contributed by atoms with van der Waals surface area (Å²) in [5.74, 6) is -0.138. The van der Waals surface area contributed by atoms with Gasteiger partial charge >= 0.3 is 6.36 Å². The number of amides is 2. The number of nitrogens with zero attached hydrogens (tertiary/aromatic N) is 2. The average Bonchev–Trinajstić information content (AvgIpc) is 3.20. The number of hydrogen-bond donors (Lipinski definition) is 1. The maximum Gasteiger partial charge on any atom is 0.573 e. The van der Waals surface area contributed by atoms with Crippen molar-refractivity contribution in [1.29, 1.82) is 0 Å². The van der Waals surface area contributed by atoms with E-state index in [0.29, 0.717) is 47.0 Å². The Morgan fingerprint density at radius 1 is 1.09 bits per heavy atom. The van der Waals surface area contributed by atoms with E-state index in [2.05, 4.69) is 15.0 Å². The lowest BCUT2D eigenvalue weighted by Gasteiger charge is -2.31. The van der Waals surface area contributed by atoms with Gasteiger partial charge in [-0.3, -0.25) is 9.59 Å². The summed E-state index contributed by atoms with van der Waals surface area (Å²) in [6.45, 7) is 1.23. The van der Waals surface area contributed by atoms with Gasteiger partial charge in [-0.15, -0.1) is 13.2 Å². The van der Waals surface area contributed by atoms with E-state index in [4.69, 9.17) is 4.74 Å². The minimum Gasteiger partial charge on any atom is -0.493 e. The standard InChI is InChI=1S/C23H22F3N3O4S/c24-23(25,26)33-17-6-7-18-19(14-17)34-22(27-18)28-21(31)15-8-11-29(12-9-15)20(30)10-13-32-16-4-2-1-3-5-16/h1-7,14-15H,8-13H2,(H,27,28,31). The predicted octanol–water partition coefficient (Wildman–Crippen LogP) is 4.84.